The molecule has 2 heterocycles. The van der Waals surface area contributed by atoms with Gasteiger partial charge in [-0.1, -0.05) is 18.2 Å². The summed E-state index contributed by atoms with van der Waals surface area (Å²) in [6.45, 7) is 0. The highest BCUT2D eigenvalue weighted by molar-refractivity contribution is 6.03. The molecule has 1 aliphatic carbocycles. The number of ketones is 1. The number of nitro groups is 1. The normalized spacial score (nSPS) is 18.4. The maximum atomic E-state index is 12.9. The van der Waals surface area contributed by atoms with Crippen LogP contribution >= 0.6 is 0 Å². The van der Waals surface area contributed by atoms with Crippen LogP contribution in [0.5, 0.6) is 0 Å². The number of fused-ring (bicyclic) bond motifs is 3. The first-order valence-corrected chi connectivity index (χ1v) is 9.29. The van der Waals surface area contributed by atoms with E-state index in [0.29, 0.717) is 6.42 Å². The number of aromatic nitrogens is 1. The van der Waals surface area contributed by atoms with Gasteiger partial charge in [0.1, 0.15) is 0 Å². The number of hydrogen-bond donors (Lipinski definition) is 1. The predicted octanol–water partition coefficient (Wildman–Crippen LogP) is 4.71. The summed E-state index contributed by atoms with van der Waals surface area (Å²) in [6, 6.07) is 14.4. The molecule has 0 unspecified atom stereocenters. The number of nitrogens with zero attached hydrogens (tertiary/aromatic N) is 2. The van der Waals surface area contributed by atoms with Gasteiger partial charge < -0.3 is 5.32 Å². The average molecular weight is 371 g/mol. The summed E-state index contributed by atoms with van der Waals surface area (Å²) in [7, 11) is 0. The van der Waals surface area contributed by atoms with Crippen LogP contribution in [0.2, 0.25) is 0 Å². The van der Waals surface area contributed by atoms with Gasteiger partial charge in [0.2, 0.25) is 0 Å². The molecule has 6 nitrogen and oxygen atoms in total. The van der Waals surface area contributed by atoms with Gasteiger partial charge in [0.25, 0.3) is 5.69 Å². The first-order chi connectivity index (χ1) is 13.6. The van der Waals surface area contributed by atoms with Gasteiger partial charge >= 0.3 is 0 Å². The quantitative estimate of drug-likeness (QED) is 0.521. The zero-order valence-electron chi connectivity index (χ0n) is 15.0. The van der Waals surface area contributed by atoms with Crippen LogP contribution in [-0.4, -0.2) is 15.7 Å². The van der Waals surface area contributed by atoms with E-state index >= 15 is 0 Å². The molecule has 0 amide bonds. The van der Waals surface area contributed by atoms with Crippen molar-refractivity contribution >= 4 is 28.1 Å². The Morgan fingerprint density at radius 1 is 1.11 bits per heavy atom. The van der Waals surface area contributed by atoms with E-state index < -0.39 is 4.92 Å². The molecule has 1 aliphatic heterocycles. The zero-order chi connectivity index (χ0) is 19.3. The molecule has 6 heteroatoms. The second kappa shape index (κ2) is 6.27. The number of non-ortho nitro benzene ring substituents is 1. The van der Waals surface area contributed by atoms with Crippen molar-refractivity contribution in [2.45, 2.75) is 25.2 Å². The number of Topliss-reactive ketones (excluding diaryl/α,β-unsaturated/α-hetero) is 1. The molecular weight excluding hydrogens is 354 g/mol. The van der Waals surface area contributed by atoms with Crippen molar-refractivity contribution in [1.29, 1.82) is 0 Å². The first-order valence-electron chi connectivity index (χ1n) is 9.29. The number of nitro benzene ring substituents is 1. The lowest BCUT2D eigenvalue weighted by Crippen LogP contribution is -2.27. The Kier molecular flexibility index (Phi) is 3.72. The summed E-state index contributed by atoms with van der Waals surface area (Å²) in [5, 5.41) is 15.8. The lowest BCUT2D eigenvalue weighted by molar-refractivity contribution is -0.384. The van der Waals surface area contributed by atoms with Gasteiger partial charge in [0.15, 0.2) is 5.78 Å². The number of pyridine rings is 1. The third kappa shape index (κ3) is 2.49. The molecule has 0 saturated heterocycles. The Balaban J connectivity index is 1.83. The minimum atomic E-state index is -0.395. The number of carbonyl (C=O) groups is 1. The van der Waals surface area contributed by atoms with Gasteiger partial charge in [-0.2, -0.15) is 0 Å². The number of anilines is 1. The van der Waals surface area contributed by atoms with E-state index in [2.05, 4.69) is 10.3 Å². The van der Waals surface area contributed by atoms with Crippen LogP contribution in [0, 0.1) is 10.1 Å². The van der Waals surface area contributed by atoms with Crippen LogP contribution in [0.25, 0.3) is 10.9 Å². The molecule has 1 aromatic heterocycles. The Morgan fingerprint density at radius 3 is 2.86 bits per heavy atom. The highest BCUT2D eigenvalue weighted by Gasteiger charge is 2.36. The van der Waals surface area contributed by atoms with E-state index in [1.165, 1.54) is 6.07 Å². The third-order valence-electron chi connectivity index (χ3n) is 5.56. The minimum Gasteiger partial charge on any atom is -0.358 e. The van der Waals surface area contributed by atoms with Gasteiger partial charge in [-0.05, 0) is 42.2 Å². The zero-order valence-corrected chi connectivity index (χ0v) is 15.0. The second-order valence-electron chi connectivity index (χ2n) is 7.18. The van der Waals surface area contributed by atoms with Gasteiger partial charge in [0, 0.05) is 53.0 Å². The SMILES string of the molecule is O=C1CCCC2=C1[C@H](c1cccc([N+](=O)[O-])c1)c1c(ccc3ncccc13)N2. The number of benzene rings is 2. The van der Waals surface area contributed by atoms with Crippen LogP contribution < -0.4 is 5.32 Å². The molecule has 0 spiro atoms. The molecule has 2 aliphatic rings. The summed E-state index contributed by atoms with van der Waals surface area (Å²) in [4.78, 5) is 28.3. The van der Waals surface area contributed by atoms with E-state index in [4.69, 9.17) is 0 Å². The van der Waals surface area contributed by atoms with Crippen molar-refractivity contribution < 1.29 is 9.72 Å². The fraction of sp³-hybridized carbons (Fsp3) is 0.182. The maximum Gasteiger partial charge on any atom is 0.269 e. The highest BCUT2D eigenvalue weighted by atomic mass is 16.6. The topological polar surface area (TPSA) is 85.1 Å². The Hall–Kier alpha value is -3.54. The fourth-order valence-electron chi connectivity index (χ4n) is 4.38. The van der Waals surface area contributed by atoms with Crippen molar-refractivity contribution in [2.24, 2.45) is 0 Å². The molecule has 28 heavy (non-hydrogen) atoms. The Bertz CT molecular complexity index is 1180. The van der Waals surface area contributed by atoms with Gasteiger partial charge in [-0.15, -0.1) is 0 Å². The van der Waals surface area contributed by atoms with Crippen LogP contribution in [0.4, 0.5) is 11.4 Å². The maximum absolute atomic E-state index is 12.9. The molecule has 0 fully saturated rings. The molecule has 0 saturated carbocycles. The van der Waals surface area contributed by atoms with Crippen LogP contribution in [-0.2, 0) is 4.79 Å². The van der Waals surface area contributed by atoms with Crippen molar-refractivity contribution in [2.75, 3.05) is 5.32 Å². The number of allylic oxidation sites excluding steroid dienone is 2. The monoisotopic (exact) mass is 371 g/mol. The molecule has 1 N–H and O–H groups in total. The predicted molar refractivity (Wildman–Crippen MR) is 106 cm³/mol. The second-order valence-corrected chi connectivity index (χ2v) is 7.18. The average Bonchev–Trinajstić information content (AvgIpc) is 2.72. The Morgan fingerprint density at radius 2 is 2.00 bits per heavy atom. The third-order valence-corrected chi connectivity index (χ3v) is 5.56. The Labute approximate surface area is 161 Å². The van der Waals surface area contributed by atoms with E-state index in [1.807, 2.05) is 30.3 Å². The molecule has 0 bridgehead atoms. The van der Waals surface area contributed by atoms with Crippen molar-refractivity contribution in [3.05, 3.63) is 87.2 Å². The molecule has 2 aromatic carbocycles. The summed E-state index contributed by atoms with van der Waals surface area (Å²) < 4.78 is 0. The number of rotatable bonds is 2. The minimum absolute atomic E-state index is 0.0290. The standard InChI is InChI=1S/C22H17N3O3/c26-19-8-2-7-17-22(19)20(13-4-1-5-14(12-13)25(27)28)21-15-6-3-11-23-16(15)9-10-18(21)24-17/h1,3-6,9-12,20,24H,2,7-8H2/t20-/m1/s1. The van der Waals surface area contributed by atoms with Gasteiger partial charge in [-0.3, -0.25) is 19.9 Å². The number of carbonyl (C=O) groups excluding carboxylic acids is 1. The lowest BCUT2D eigenvalue weighted by atomic mass is 9.74. The van der Waals surface area contributed by atoms with Gasteiger partial charge in [-0.25, -0.2) is 0 Å². The van der Waals surface area contributed by atoms with E-state index in [9.17, 15) is 14.9 Å². The van der Waals surface area contributed by atoms with E-state index in [0.717, 1.165) is 51.8 Å². The first kappa shape index (κ1) is 16.6. The summed E-state index contributed by atoms with van der Waals surface area (Å²) >= 11 is 0. The summed E-state index contributed by atoms with van der Waals surface area (Å²) in [5.41, 5.74) is 5.19. The van der Waals surface area contributed by atoms with Crippen molar-refractivity contribution in [3.8, 4) is 0 Å². The summed E-state index contributed by atoms with van der Waals surface area (Å²) in [5.74, 6) is -0.233. The molecule has 1 atom stereocenters. The fourth-order valence-corrected chi connectivity index (χ4v) is 4.38. The largest absolute Gasteiger partial charge is 0.358 e. The number of nitrogens with one attached hydrogen (secondary N) is 1. The molecule has 138 valence electrons. The lowest BCUT2D eigenvalue weighted by Gasteiger charge is -2.34. The van der Waals surface area contributed by atoms with E-state index in [1.54, 1.807) is 18.3 Å². The van der Waals surface area contributed by atoms with Crippen LogP contribution in [0.15, 0.2) is 66.0 Å². The smallest absolute Gasteiger partial charge is 0.269 e. The molecule has 5 rings (SSSR count). The van der Waals surface area contributed by atoms with Crippen molar-refractivity contribution in [1.82, 2.24) is 4.98 Å². The van der Waals surface area contributed by atoms with Crippen LogP contribution in [0.1, 0.15) is 36.3 Å². The summed E-state index contributed by atoms with van der Waals surface area (Å²) in [6.07, 6.45) is 3.86. The highest BCUT2D eigenvalue weighted by Crippen LogP contribution is 2.48. The van der Waals surface area contributed by atoms with E-state index in [-0.39, 0.29) is 17.4 Å². The van der Waals surface area contributed by atoms with Crippen molar-refractivity contribution in [3.63, 3.8) is 0 Å². The van der Waals surface area contributed by atoms with Crippen LogP contribution in [0.3, 0.4) is 0 Å². The number of hydrogen-bond acceptors (Lipinski definition) is 5. The van der Waals surface area contributed by atoms with Gasteiger partial charge in [0.05, 0.1) is 10.4 Å². The molecular formula is C22H17N3O3. The molecule has 0 radical (unpaired) electrons. The molecule has 3 aromatic rings.